The number of aromatic nitrogens is 4. The van der Waals surface area contributed by atoms with E-state index in [0.717, 1.165) is 5.56 Å². The van der Waals surface area contributed by atoms with Crippen LogP contribution in [0, 0.1) is 0 Å². The van der Waals surface area contributed by atoms with Crippen LogP contribution < -0.4 is 10.9 Å². The van der Waals surface area contributed by atoms with E-state index >= 15 is 0 Å². The molecule has 0 spiro atoms. The molecule has 33 heavy (non-hydrogen) atoms. The highest BCUT2D eigenvalue weighted by Crippen LogP contribution is 2.19. The number of fused-ring (bicyclic) bond motifs is 3. The van der Waals surface area contributed by atoms with E-state index in [9.17, 15) is 9.59 Å². The van der Waals surface area contributed by atoms with Crippen molar-refractivity contribution in [1.29, 1.82) is 0 Å². The molecule has 0 aliphatic carbocycles. The first-order valence-electron chi connectivity index (χ1n) is 10.5. The average molecular weight is 462 g/mol. The van der Waals surface area contributed by atoms with Gasteiger partial charge in [0.15, 0.2) is 0 Å². The van der Waals surface area contributed by atoms with Crippen molar-refractivity contribution in [3.05, 3.63) is 99.5 Å². The Morgan fingerprint density at radius 3 is 2.67 bits per heavy atom. The Morgan fingerprint density at radius 2 is 1.85 bits per heavy atom. The lowest BCUT2D eigenvalue weighted by atomic mass is 10.2. The summed E-state index contributed by atoms with van der Waals surface area (Å²) in [6.45, 7) is 0.585. The molecule has 166 valence electrons. The minimum absolute atomic E-state index is 0.128. The molecule has 1 amide bonds. The normalized spacial score (nSPS) is 11.3. The Bertz CT molecular complexity index is 1500. The maximum absolute atomic E-state index is 13.3. The number of benzene rings is 2. The second-order valence-electron chi connectivity index (χ2n) is 7.61. The van der Waals surface area contributed by atoms with Crippen LogP contribution in [0.4, 0.5) is 0 Å². The van der Waals surface area contributed by atoms with Crippen molar-refractivity contribution in [2.75, 3.05) is 0 Å². The van der Waals surface area contributed by atoms with Crippen LogP contribution in [0.5, 0.6) is 0 Å². The molecule has 2 aromatic carbocycles. The van der Waals surface area contributed by atoms with Gasteiger partial charge in [-0.1, -0.05) is 41.9 Å². The highest BCUT2D eigenvalue weighted by Gasteiger charge is 2.18. The molecule has 5 rings (SSSR count). The molecule has 0 fully saturated rings. The second-order valence-corrected chi connectivity index (χ2v) is 8.01. The molecule has 0 aliphatic rings. The molecule has 0 atom stereocenters. The van der Waals surface area contributed by atoms with Crippen molar-refractivity contribution < 1.29 is 9.21 Å². The van der Waals surface area contributed by atoms with Crippen molar-refractivity contribution in [3.63, 3.8) is 0 Å². The van der Waals surface area contributed by atoms with Gasteiger partial charge < -0.3 is 9.73 Å². The number of carbonyl (C=O) groups is 1. The predicted octanol–water partition coefficient (Wildman–Crippen LogP) is 3.59. The fraction of sp³-hybridized carbons (Fsp3) is 0.167. The number of amides is 1. The summed E-state index contributed by atoms with van der Waals surface area (Å²) in [6, 6.07) is 18.3. The van der Waals surface area contributed by atoms with Gasteiger partial charge in [0.2, 0.25) is 11.7 Å². The molecule has 0 saturated carbocycles. The van der Waals surface area contributed by atoms with Crippen LogP contribution in [0.25, 0.3) is 16.7 Å². The molecule has 1 N–H and O–H groups in total. The number of hydrogen-bond donors (Lipinski definition) is 1. The van der Waals surface area contributed by atoms with Gasteiger partial charge in [0.25, 0.3) is 5.56 Å². The first-order chi connectivity index (χ1) is 16.1. The zero-order chi connectivity index (χ0) is 22.8. The number of nitrogens with one attached hydrogen (secondary N) is 1. The molecule has 3 aromatic heterocycles. The lowest BCUT2D eigenvalue weighted by Gasteiger charge is -2.12. The van der Waals surface area contributed by atoms with Crippen molar-refractivity contribution in [3.8, 4) is 0 Å². The van der Waals surface area contributed by atoms with E-state index in [0.29, 0.717) is 46.3 Å². The van der Waals surface area contributed by atoms with Crippen molar-refractivity contribution in [2.45, 2.75) is 25.9 Å². The van der Waals surface area contributed by atoms with Crippen LogP contribution in [0.1, 0.15) is 23.6 Å². The van der Waals surface area contributed by atoms with Crippen molar-refractivity contribution in [2.24, 2.45) is 0 Å². The standard InChI is InChI=1S/C24H20ClN5O3/c25-19-9-3-1-6-16(19)15-29-23(32)18-8-2-4-10-20(18)30-21(27-28-24(29)30)11-12-22(31)26-14-17-7-5-13-33-17/h1-10,13H,11-12,14-15H2,(H,26,31). The van der Waals surface area contributed by atoms with E-state index in [1.165, 1.54) is 0 Å². The lowest BCUT2D eigenvalue weighted by Crippen LogP contribution is -2.25. The number of para-hydroxylation sites is 1. The van der Waals surface area contributed by atoms with E-state index in [4.69, 9.17) is 16.0 Å². The zero-order valence-electron chi connectivity index (χ0n) is 17.6. The topological polar surface area (TPSA) is 94.4 Å². The summed E-state index contributed by atoms with van der Waals surface area (Å²) < 4.78 is 8.65. The number of carbonyl (C=O) groups excluding carboxylic acids is 1. The van der Waals surface area contributed by atoms with Crippen LogP contribution >= 0.6 is 11.6 Å². The molecule has 5 aromatic rings. The third-order valence-electron chi connectivity index (χ3n) is 5.48. The van der Waals surface area contributed by atoms with Crippen LogP contribution in [-0.2, 0) is 24.3 Å². The summed E-state index contributed by atoms with van der Waals surface area (Å²) in [5.74, 6) is 1.56. The molecule has 0 unspecified atom stereocenters. The Kier molecular flexibility index (Phi) is 5.66. The Morgan fingerprint density at radius 1 is 1.03 bits per heavy atom. The average Bonchev–Trinajstić information content (AvgIpc) is 3.50. The predicted molar refractivity (Wildman–Crippen MR) is 124 cm³/mol. The van der Waals surface area contributed by atoms with E-state index < -0.39 is 0 Å². The van der Waals surface area contributed by atoms with Gasteiger partial charge in [-0.05, 0) is 35.9 Å². The number of hydrogen-bond acceptors (Lipinski definition) is 5. The molecular weight excluding hydrogens is 442 g/mol. The van der Waals surface area contributed by atoms with Gasteiger partial charge >= 0.3 is 0 Å². The van der Waals surface area contributed by atoms with E-state index in [1.807, 2.05) is 40.8 Å². The van der Waals surface area contributed by atoms with Crippen molar-refractivity contribution in [1.82, 2.24) is 24.5 Å². The van der Waals surface area contributed by atoms with Crippen LogP contribution in [0.2, 0.25) is 5.02 Å². The summed E-state index contributed by atoms with van der Waals surface area (Å²) in [6.07, 6.45) is 2.15. The summed E-state index contributed by atoms with van der Waals surface area (Å²) in [7, 11) is 0. The van der Waals surface area contributed by atoms with Crippen molar-refractivity contribution >= 4 is 34.2 Å². The van der Waals surface area contributed by atoms with Gasteiger partial charge in [-0.25, -0.2) is 0 Å². The van der Waals surface area contributed by atoms with Gasteiger partial charge in [-0.2, -0.15) is 0 Å². The second kappa shape index (κ2) is 8.91. The van der Waals surface area contributed by atoms with Gasteiger partial charge in [0, 0.05) is 17.9 Å². The van der Waals surface area contributed by atoms with E-state index in [1.54, 1.807) is 35.1 Å². The highest BCUT2D eigenvalue weighted by atomic mass is 35.5. The van der Waals surface area contributed by atoms with E-state index in [2.05, 4.69) is 15.5 Å². The Labute approximate surface area is 193 Å². The highest BCUT2D eigenvalue weighted by molar-refractivity contribution is 6.31. The lowest BCUT2D eigenvalue weighted by molar-refractivity contribution is -0.121. The first kappa shape index (κ1) is 21.0. The molecule has 3 heterocycles. The van der Waals surface area contributed by atoms with Gasteiger partial charge in [-0.15, -0.1) is 10.2 Å². The van der Waals surface area contributed by atoms with E-state index in [-0.39, 0.29) is 24.4 Å². The van der Waals surface area contributed by atoms with Crippen LogP contribution in [-0.4, -0.2) is 25.1 Å². The molecule has 0 bridgehead atoms. The number of aryl methyl sites for hydroxylation is 1. The fourth-order valence-electron chi connectivity index (χ4n) is 3.83. The Hall–Kier alpha value is -3.91. The zero-order valence-corrected chi connectivity index (χ0v) is 18.3. The van der Waals surface area contributed by atoms with Gasteiger partial charge in [0.1, 0.15) is 11.6 Å². The molecule has 0 radical (unpaired) electrons. The van der Waals surface area contributed by atoms with Crippen LogP contribution in [0.15, 0.2) is 76.1 Å². The number of furan rings is 1. The molecule has 9 heteroatoms. The number of halogens is 1. The summed E-state index contributed by atoms with van der Waals surface area (Å²) in [5, 5.41) is 12.6. The number of nitrogens with zero attached hydrogens (tertiary/aromatic N) is 4. The SMILES string of the molecule is O=C(CCc1nnc2n(Cc3ccccc3Cl)c(=O)c3ccccc3n12)NCc1ccco1. The van der Waals surface area contributed by atoms with Gasteiger partial charge in [-0.3, -0.25) is 18.6 Å². The third kappa shape index (κ3) is 4.12. The fourth-order valence-corrected chi connectivity index (χ4v) is 4.02. The molecular formula is C24H20ClN5O3. The monoisotopic (exact) mass is 461 g/mol. The van der Waals surface area contributed by atoms with Crippen LogP contribution in [0.3, 0.4) is 0 Å². The molecule has 8 nitrogen and oxygen atoms in total. The first-order valence-corrected chi connectivity index (χ1v) is 10.9. The van der Waals surface area contributed by atoms with Gasteiger partial charge in [0.05, 0.1) is 30.3 Å². The quantitative estimate of drug-likeness (QED) is 0.399. The minimum Gasteiger partial charge on any atom is -0.467 e. The minimum atomic E-state index is -0.173. The smallest absolute Gasteiger partial charge is 0.263 e. The number of rotatable bonds is 7. The summed E-state index contributed by atoms with van der Waals surface area (Å²) >= 11 is 6.34. The summed E-state index contributed by atoms with van der Waals surface area (Å²) in [4.78, 5) is 25.6. The summed E-state index contributed by atoms with van der Waals surface area (Å²) in [5.41, 5.74) is 1.33. The Balaban J connectivity index is 1.49. The molecule has 0 saturated heterocycles. The third-order valence-corrected chi connectivity index (χ3v) is 5.85. The maximum Gasteiger partial charge on any atom is 0.263 e. The molecule has 0 aliphatic heterocycles. The maximum atomic E-state index is 13.3. The largest absolute Gasteiger partial charge is 0.467 e.